The van der Waals surface area contributed by atoms with Gasteiger partial charge < -0.3 is 5.32 Å². The van der Waals surface area contributed by atoms with Crippen molar-refractivity contribution in [2.45, 2.75) is 24.0 Å². The van der Waals surface area contributed by atoms with E-state index < -0.39 is 4.92 Å². The van der Waals surface area contributed by atoms with E-state index in [1.807, 2.05) is 48.5 Å². The Bertz CT molecular complexity index is 1780. The van der Waals surface area contributed by atoms with Gasteiger partial charge >= 0.3 is 0 Å². The molecule has 0 fully saturated rings. The highest BCUT2D eigenvalue weighted by Gasteiger charge is 2.16. The number of nitrogens with zero attached hydrogens (tertiary/aromatic N) is 3. The van der Waals surface area contributed by atoms with Crippen molar-refractivity contribution < 1.29 is 9.72 Å². The molecule has 0 bridgehead atoms. The number of fused-ring (bicyclic) bond motifs is 1. The van der Waals surface area contributed by atoms with Crippen LogP contribution in [0.4, 0.5) is 5.69 Å². The van der Waals surface area contributed by atoms with Crippen molar-refractivity contribution in [1.29, 1.82) is 0 Å². The molecule has 10 heteroatoms. The van der Waals surface area contributed by atoms with E-state index in [9.17, 15) is 19.7 Å². The lowest BCUT2D eigenvalue weighted by molar-refractivity contribution is -0.384. The highest BCUT2D eigenvalue weighted by Crippen LogP contribution is 2.25. The van der Waals surface area contributed by atoms with Crippen LogP contribution in [0, 0.1) is 10.1 Å². The molecule has 0 spiro atoms. The maximum absolute atomic E-state index is 13.6. The quantitative estimate of drug-likeness (QED) is 0.0974. The maximum Gasteiger partial charge on any atom is 0.269 e. The number of hydrogen-bond donors (Lipinski definition) is 1. The number of thioether (sulfide) groups is 1. The number of aromatic nitrogens is 2. The van der Waals surface area contributed by atoms with Gasteiger partial charge in [-0.3, -0.25) is 24.3 Å². The number of nitro groups is 1. The highest BCUT2D eigenvalue weighted by atomic mass is 35.5. The lowest BCUT2D eigenvalue weighted by Gasteiger charge is -2.14. The summed E-state index contributed by atoms with van der Waals surface area (Å²) in [7, 11) is 0. The molecule has 0 unspecified atom stereocenters. The van der Waals surface area contributed by atoms with Gasteiger partial charge in [-0.2, -0.15) is 0 Å². The lowest BCUT2D eigenvalue weighted by Crippen LogP contribution is -2.25. The third kappa shape index (κ3) is 6.22. The van der Waals surface area contributed by atoms with Crippen molar-refractivity contribution in [3.8, 4) is 0 Å². The molecule has 1 amide bonds. The molecule has 8 nitrogen and oxygen atoms in total. The van der Waals surface area contributed by atoms with Gasteiger partial charge in [-0.25, -0.2) is 4.98 Å². The average Bonchev–Trinajstić information content (AvgIpc) is 2.97. The minimum atomic E-state index is -0.438. The van der Waals surface area contributed by atoms with Crippen LogP contribution in [0.3, 0.4) is 0 Å². The number of nitrogens with one attached hydrogen (secondary N) is 1. The SMILES string of the molecule is O=C(NCc1ccccc1Cl)c1ccc2c(=O)n(Cc3ccccc3)c(SCc3cccc([N+](=O)[O-])c3)nc2c1. The average molecular weight is 571 g/mol. The summed E-state index contributed by atoms with van der Waals surface area (Å²) in [5, 5.41) is 15.5. The van der Waals surface area contributed by atoms with Gasteiger partial charge in [0.1, 0.15) is 0 Å². The number of carbonyl (C=O) groups is 1. The topological polar surface area (TPSA) is 107 Å². The zero-order valence-electron chi connectivity index (χ0n) is 21.1. The predicted molar refractivity (Wildman–Crippen MR) is 157 cm³/mol. The Morgan fingerprint density at radius 1 is 0.950 bits per heavy atom. The van der Waals surface area contributed by atoms with E-state index >= 15 is 0 Å². The molecule has 1 N–H and O–H groups in total. The summed E-state index contributed by atoms with van der Waals surface area (Å²) >= 11 is 7.51. The van der Waals surface area contributed by atoms with Crippen LogP contribution in [0.15, 0.2) is 107 Å². The second-order valence-corrected chi connectivity index (χ2v) is 10.3. The van der Waals surface area contributed by atoms with Crippen LogP contribution in [0.1, 0.15) is 27.0 Å². The number of amides is 1. The third-order valence-electron chi connectivity index (χ3n) is 6.25. The predicted octanol–water partition coefficient (Wildman–Crippen LogP) is 6.23. The standard InChI is InChI=1S/C30H23ClN4O4S/c31-26-12-5-4-10-23(26)17-32-28(36)22-13-14-25-27(16-22)33-30(34(29(25)37)18-20-7-2-1-3-8-20)40-19-21-9-6-11-24(15-21)35(38)39/h1-16H,17-19H2,(H,32,36). The summed E-state index contributed by atoms with van der Waals surface area (Å²) < 4.78 is 1.59. The monoisotopic (exact) mass is 570 g/mol. The number of non-ortho nitro benzene ring substituents is 1. The van der Waals surface area contributed by atoms with Crippen molar-refractivity contribution in [2.24, 2.45) is 0 Å². The molecule has 4 aromatic carbocycles. The van der Waals surface area contributed by atoms with Crippen LogP contribution >= 0.6 is 23.4 Å². The smallest absolute Gasteiger partial charge is 0.269 e. The molecule has 5 rings (SSSR count). The molecule has 1 heterocycles. The first-order valence-electron chi connectivity index (χ1n) is 12.4. The number of halogens is 1. The van der Waals surface area contributed by atoms with E-state index in [1.54, 1.807) is 41.0 Å². The molecular weight excluding hydrogens is 548 g/mol. The summed E-state index contributed by atoms with van der Waals surface area (Å²) in [6.45, 7) is 0.562. The van der Waals surface area contributed by atoms with Gasteiger partial charge in [-0.05, 0) is 41.0 Å². The zero-order chi connectivity index (χ0) is 28.1. The van der Waals surface area contributed by atoms with Gasteiger partial charge in [0.05, 0.1) is 22.4 Å². The normalized spacial score (nSPS) is 10.9. The van der Waals surface area contributed by atoms with Crippen molar-refractivity contribution in [3.63, 3.8) is 0 Å². The highest BCUT2D eigenvalue weighted by molar-refractivity contribution is 7.98. The van der Waals surface area contributed by atoms with Crippen LogP contribution in [0.5, 0.6) is 0 Å². The summed E-state index contributed by atoms with van der Waals surface area (Å²) in [6.07, 6.45) is 0. The largest absolute Gasteiger partial charge is 0.348 e. The summed E-state index contributed by atoms with van der Waals surface area (Å²) in [5.41, 5.74) is 2.96. The van der Waals surface area contributed by atoms with Crippen molar-refractivity contribution in [3.05, 3.63) is 145 Å². The summed E-state index contributed by atoms with van der Waals surface area (Å²) in [5.74, 6) is 0.0507. The molecule has 0 atom stereocenters. The van der Waals surface area contributed by atoms with Gasteiger partial charge in [0.15, 0.2) is 5.16 Å². The Hall–Kier alpha value is -4.47. The van der Waals surface area contributed by atoms with E-state index in [1.165, 1.54) is 23.9 Å². The first kappa shape index (κ1) is 27.1. The Morgan fingerprint density at radius 3 is 2.48 bits per heavy atom. The molecule has 0 saturated heterocycles. The Kier molecular flexibility index (Phi) is 8.23. The fourth-order valence-electron chi connectivity index (χ4n) is 4.18. The number of benzene rings is 4. The molecule has 0 aliphatic carbocycles. The molecule has 0 aliphatic rings. The summed E-state index contributed by atoms with van der Waals surface area (Å²) in [4.78, 5) is 42.1. The minimum Gasteiger partial charge on any atom is -0.348 e. The molecule has 0 saturated carbocycles. The fourth-order valence-corrected chi connectivity index (χ4v) is 5.33. The molecule has 0 radical (unpaired) electrons. The number of hydrogen-bond acceptors (Lipinski definition) is 6. The summed E-state index contributed by atoms with van der Waals surface area (Å²) in [6, 6.07) is 28.0. The molecular formula is C30H23ClN4O4S. The third-order valence-corrected chi connectivity index (χ3v) is 7.67. The molecule has 40 heavy (non-hydrogen) atoms. The van der Waals surface area contributed by atoms with E-state index in [0.717, 1.165) is 16.7 Å². The van der Waals surface area contributed by atoms with Crippen LogP contribution in [-0.4, -0.2) is 20.4 Å². The van der Waals surface area contributed by atoms with E-state index in [2.05, 4.69) is 5.32 Å². The lowest BCUT2D eigenvalue weighted by atomic mass is 10.1. The maximum atomic E-state index is 13.6. The Morgan fingerprint density at radius 2 is 1.70 bits per heavy atom. The van der Waals surface area contributed by atoms with Crippen molar-refractivity contribution in [2.75, 3.05) is 0 Å². The molecule has 5 aromatic rings. The van der Waals surface area contributed by atoms with Gasteiger partial charge in [0.2, 0.25) is 0 Å². The van der Waals surface area contributed by atoms with E-state index in [-0.39, 0.29) is 23.7 Å². The van der Waals surface area contributed by atoms with Gasteiger partial charge in [-0.1, -0.05) is 84.0 Å². The van der Waals surface area contributed by atoms with Gasteiger partial charge in [0.25, 0.3) is 17.2 Å². The van der Waals surface area contributed by atoms with Crippen LogP contribution in [0.25, 0.3) is 10.9 Å². The second-order valence-electron chi connectivity index (χ2n) is 8.99. The second kappa shape index (κ2) is 12.1. The zero-order valence-corrected chi connectivity index (χ0v) is 22.7. The number of nitro benzene ring substituents is 1. The first-order valence-corrected chi connectivity index (χ1v) is 13.7. The van der Waals surface area contributed by atoms with Crippen molar-refractivity contribution >= 4 is 45.9 Å². The van der Waals surface area contributed by atoms with E-state index in [0.29, 0.717) is 38.9 Å². The molecule has 0 aliphatic heterocycles. The first-order chi connectivity index (χ1) is 19.4. The number of carbonyl (C=O) groups excluding carboxylic acids is 1. The van der Waals surface area contributed by atoms with Crippen LogP contribution in [-0.2, 0) is 18.8 Å². The van der Waals surface area contributed by atoms with Gasteiger partial charge in [-0.15, -0.1) is 0 Å². The fraction of sp³-hybridized carbons (Fsp3) is 0.100. The van der Waals surface area contributed by atoms with Crippen molar-refractivity contribution in [1.82, 2.24) is 14.9 Å². The van der Waals surface area contributed by atoms with Gasteiger partial charge in [0, 0.05) is 35.0 Å². The van der Waals surface area contributed by atoms with Crippen LogP contribution < -0.4 is 10.9 Å². The minimum absolute atomic E-state index is 0.00121. The van der Waals surface area contributed by atoms with E-state index in [4.69, 9.17) is 16.6 Å². The number of rotatable bonds is 9. The van der Waals surface area contributed by atoms with Crippen LogP contribution in [0.2, 0.25) is 5.02 Å². The Balaban J connectivity index is 1.47. The Labute approximate surface area is 238 Å². The molecule has 200 valence electrons. The molecule has 1 aromatic heterocycles.